The number of allylic oxidation sites excluding steroid dienone is 1. The second kappa shape index (κ2) is 4.35. The van der Waals surface area contributed by atoms with E-state index >= 15 is 0 Å². The average molecular weight is 244 g/mol. The van der Waals surface area contributed by atoms with Gasteiger partial charge in [0.15, 0.2) is 11.6 Å². The van der Waals surface area contributed by atoms with Crippen molar-refractivity contribution >= 4 is 0 Å². The predicted molar refractivity (Wildman–Crippen MR) is 64.9 cm³/mol. The van der Waals surface area contributed by atoms with Crippen molar-refractivity contribution in [3.8, 4) is 0 Å². The Balaban J connectivity index is 2.84. The Morgan fingerprint density at radius 2 is 1.88 bits per heavy atom. The first kappa shape index (κ1) is 14.6. The summed E-state index contributed by atoms with van der Waals surface area (Å²) in [6.07, 6.45) is 2.62. The summed E-state index contributed by atoms with van der Waals surface area (Å²) >= 11 is 0. The monoisotopic (exact) mass is 244 g/mol. The Hall–Kier alpha value is -0.420. The van der Waals surface area contributed by atoms with Gasteiger partial charge in [-0.25, -0.2) is 0 Å². The lowest BCUT2D eigenvalue weighted by atomic mass is 9.65. The lowest BCUT2D eigenvalue weighted by Crippen LogP contribution is -2.42. The first-order valence-corrected chi connectivity index (χ1v) is 6.02. The number of hydrogen-bond acceptors (Lipinski definition) is 4. The van der Waals surface area contributed by atoms with E-state index in [1.54, 1.807) is 0 Å². The lowest BCUT2D eigenvalue weighted by molar-refractivity contribution is -0.164. The summed E-state index contributed by atoms with van der Waals surface area (Å²) in [6, 6.07) is 0. The molecule has 0 radical (unpaired) electrons. The average Bonchev–Trinajstić information content (AvgIpc) is 1.94. The SMILES string of the molecule is CC1=CC(O)(O)CC(C)(C)C1CCC(C)(O)O. The van der Waals surface area contributed by atoms with E-state index in [0.717, 1.165) is 5.57 Å². The molecule has 0 saturated heterocycles. The van der Waals surface area contributed by atoms with Gasteiger partial charge >= 0.3 is 0 Å². The molecule has 100 valence electrons. The van der Waals surface area contributed by atoms with Gasteiger partial charge in [-0.3, -0.25) is 0 Å². The Kier molecular flexibility index (Phi) is 3.75. The molecule has 0 spiro atoms. The van der Waals surface area contributed by atoms with Gasteiger partial charge in [0.1, 0.15) is 0 Å². The first-order chi connectivity index (χ1) is 7.43. The van der Waals surface area contributed by atoms with Crippen molar-refractivity contribution in [2.75, 3.05) is 0 Å². The molecule has 1 unspecified atom stereocenters. The molecule has 17 heavy (non-hydrogen) atoms. The van der Waals surface area contributed by atoms with Crippen molar-refractivity contribution in [2.45, 2.75) is 58.5 Å². The van der Waals surface area contributed by atoms with Gasteiger partial charge in [0.2, 0.25) is 0 Å². The molecule has 0 fully saturated rings. The summed E-state index contributed by atoms with van der Waals surface area (Å²) in [5.41, 5.74) is 0.628. The zero-order valence-electron chi connectivity index (χ0n) is 11.1. The van der Waals surface area contributed by atoms with Gasteiger partial charge in [-0.1, -0.05) is 19.4 Å². The molecule has 4 nitrogen and oxygen atoms in total. The summed E-state index contributed by atoms with van der Waals surface area (Å²) in [4.78, 5) is 0. The van der Waals surface area contributed by atoms with Crippen LogP contribution in [-0.4, -0.2) is 32.0 Å². The van der Waals surface area contributed by atoms with Crippen LogP contribution < -0.4 is 0 Å². The third-order valence-corrected chi connectivity index (χ3v) is 3.57. The lowest BCUT2D eigenvalue weighted by Gasteiger charge is -2.43. The van der Waals surface area contributed by atoms with E-state index in [1.165, 1.54) is 13.0 Å². The molecule has 0 aliphatic heterocycles. The van der Waals surface area contributed by atoms with Gasteiger partial charge in [0.25, 0.3) is 0 Å². The van der Waals surface area contributed by atoms with E-state index < -0.39 is 11.6 Å². The van der Waals surface area contributed by atoms with Crippen LogP contribution in [0.2, 0.25) is 0 Å². The van der Waals surface area contributed by atoms with Crippen molar-refractivity contribution in [2.24, 2.45) is 11.3 Å². The van der Waals surface area contributed by atoms with Gasteiger partial charge < -0.3 is 20.4 Å². The predicted octanol–water partition coefficient (Wildman–Crippen LogP) is 1.14. The molecule has 0 amide bonds. The van der Waals surface area contributed by atoms with Crippen LogP contribution in [0.5, 0.6) is 0 Å². The smallest absolute Gasteiger partial charge is 0.183 e. The van der Waals surface area contributed by atoms with Gasteiger partial charge in [0, 0.05) is 12.8 Å². The van der Waals surface area contributed by atoms with Crippen LogP contribution in [0, 0.1) is 11.3 Å². The quantitative estimate of drug-likeness (QED) is 0.443. The molecule has 1 atom stereocenters. The molecule has 4 heteroatoms. The Labute approximate surface area is 103 Å². The van der Waals surface area contributed by atoms with Crippen molar-refractivity contribution in [1.29, 1.82) is 0 Å². The van der Waals surface area contributed by atoms with E-state index in [9.17, 15) is 20.4 Å². The normalized spacial score (nSPS) is 27.8. The highest BCUT2D eigenvalue weighted by Gasteiger charge is 2.42. The molecule has 0 aromatic heterocycles. The van der Waals surface area contributed by atoms with Gasteiger partial charge in [-0.05, 0) is 37.7 Å². The molecule has 4 N–H and O–H groups in total. The topological polar surface area (TPSA) is 80.9 Å². The van der Waals surface area contributed by atoms with E-state index in [1.807, 2.05) is 20.8 Å². The Bertz CT molecular complexity index is 310. The fourth-order valence-corrected chi connectivity index (χ4v) is 2.96. The summed E-state index contributed by atoms with van der Waals surface area (Å²) < 4.78 is 0. The second-order valence-electron chi connectivity index (χ2n) is 6.24. The molecule has 0 heterocycles. The van der Waals surface area contributed by atoms with Crippen LogP contribution in [0.1, 0.15) is 47.0 Å². The zero-order chi connectivity index (χ0) is 13.5. The third kappa shape index (κ3) is 4.07. The maximum atomic E-state index is 9.71. The molecular weight excluding hydrogens is 220 g/mol. The van der Waals surface area contributed by atoms with Crippen LogP contribution in [0.3, 0.4) is 0 Å². The van der Waals surface area contributed by atoms with Gasteiger partial charge in [-0.15, -0.1) is 0 Å². The number of hydrogen-bond donors (Lipinski definition) is 4. The van der Waals surface area contributed by atoms with Crippen LogP contribution in [0.25, 0.3) is 0 Å². The summed E-state index contributed by atoms with van der Waals surface area (Å²) in [6.45, 7) is 7.17. The minimum Gasteiger partial charge on any atom is -0.366 e. The fraction of sp³-hybridized carbons (Fsp3) is 0.846. The molecule has 0 bridgehead atoms. The molecule has 0 aromatic rings. The van der Waals surface area contributed by atoms with Crippen molar-refractivity contribution < 1.29 is 20.4 Å². The first-order valence-electron chi connectivity index (χ1n) is 6.02. The zero-order valence-corrected chi connectivity index (χ0v) is 11.1. The molecule has 1 aliphatic carbocycles. The van der Waals surface area contributed by atoms with E-state index in [2.05, 4.69) is 0 Å². The van der Waals surface area contributed by atoms with E-state index in [-0.39, 0.29) is 24.2 Å². The minimum atomic E-state index is -1.74. The minimum absolute atomic E-state index is 0.133. The number of aliphatic hydroxyl groups is 4. The highest BCUT2D eigenvalue weighted by Crippen LogP contribution is 2.46. The van der Waals surface area contributed by atoms with Crippen LogP contribution in [0.15, 0.2) is 11.6 Å². The van der Waals surface area contributed by atoms with Crippen LogP contribution in [-0.2, 0) is 0 Å². The summed E-state index contributed by atoms with van der Waals surface area (Å²) in [7, 11) is 0. The molecule has 1 rings (SSSR count). The summed E-state index contributed by atoms with van der Waals surface area (Å²) in [5, 5.41) is 38.1. The van der Waals surface area contributed by atoms with Crippen LogP contribution in [0.4, 0.5) is 0 Å². The Morgan fingerprint density at radius 1 is 1.35 bits per heavy atom. The Morgan fingerprint density at radius 3 is 2.29 bits per heavy atom. The van der Waals surface area contributed by atoms with Crippen molar-refractivity contribution in [1.82, 2.24) is 0 Å². The maximum Gasteiger partial charge on any atom is 0.183 e. The van der Waals surface area contributed by atoms with E-state index in [0.29, 0.717) is 6.42 Å². The van der Waals surface area contributed by atoms with Crippen molar-refractivity contribution in [3.63, 3.8) is 0 Å². The molecular formula is C13H24O4. The molecule has 0 saturated carbocycles. The third-order valence-electron chi connectivity index (χ3n) is 3.57. The largest absolute Gasteiger partial charge is 0.366 e. The summed E-state index contributed by atoms with van der Waals surface area (Å²) in [5.74, 6) is -3.27. The maximum absolute atomic E-state index is 9.71. The van der Waals surface area contributed by atoms with Gasteiger partial charge in [0.05, 0.1) is 0 Å². The molecule has 0 aromatic carbocycles. The number of rotatable bonds is 3. The molecule has 1 aliphatic rings. The van der Waals surface area contributed by atoms with Gasteiger partial charge in [-0.2, -0.15) is 0 Å². The fourth-order valence-electron chi connectivity index (χ4n) is 2.96. The van der Waals surface area contributed by atoms with E-state index in [4.69, 9.17) is 0 Å². The highest BCUT2D eigenvalue weighted by molar-refractivity contribution is 5.17. The highest BCUT2D eigenvalue weighted by atomic mass is 16.5. The standard InChI is InChI=1S/C13H24O4/c1-9-7-13(16,17)8-11(2,3)10(9)5-6-12(4,14)15/h7,10,14-17H,5-6,8H2,1-4H3. The van der Waals surface area contributed by atoms with Crippen molar-refractivity contribution in [3.05, 3.63) is 11.6 Å². The van der Waals surface area contributed by atoms with Crippen LogP contribution >= 0.6 is 0 Å². The second-order valence-corrected chi connectivity index (χ2v) is 6.24.